The number of rotatable bonds is 3. The number of aromatic nitrogens is 2. The third kappa shape index (κ3) is 2.50. The van der Waals surface area contributed by atoms with Crippen LogP contribution in [0.25, 0.3) is 0 Å². The molecule has 5 heteroatoms. The fourth-order valence-corrected chi connectivity index (χ4v) is 1.54. The summed E-state index contributed by atoms with van der Waals surface area (Å²) in [7, 11) is 0. The molecule has 2 rings (SSSR count). The quantitative estimate of drug-likeness (QED) is 0.897. The molecule has 3 N–H and O–H groups in total. The Kier molecular flexibility index (Phi) is 2.91. The molecule has 1 aromatic carbocycles. The maximum Gasteiger partial charge on any atom is 0.148 e. The van der Waals surface area contributed by atoms with Crippen molar-refractivity contribution >= 4 is 21.7 Å². The van der Waals surface area contributed by atoms with Gasteiger partial charge in [-0.1, -0.05) is 22.0 Å². The van der Waals surface area contributed by atoms with E-state index in [4.69, 9.17) is 10.5 Å². The molecule has 0 aliphatic carbocycles. The molecule has 0 unspecified atom stereocenters. The van der Waals surface area contributed by atoms with Crippen molar-refractivity contribution in [1.29, 1.82) is 0 Å². The maximum atomic E-state index is 5.60. The summed E-state index contributed by atoms with van der Waals surface area (Å²) in [4.78, 5) is 6.80. The number of benzene rings is 1. The Balaban J connectivity index is 2.02. The van der Waals surface area contributed by atoms with Gasteiger partial charge in [-0.05, 0) is 18.2 Å². The standard InChI is InChI=1S/C10H10BrN3O/c11-7-2-1-3-8(4-7)15-5-9-10(12)14-6-13-9/h1-4,6H,5,12H2,(H,13,14). The van der Waals surface area contributed by atoms with Gasteiger partial charge in [-0.25, -0.2) is 4.98 Å². The van der Waals surface area contributed by atoms with Gasteiger partial charge in [-0.15, -0.1) is 0 Å². The van der Waals surface area contributed by atoms with Crippen molar-refractivity contribution < 1.29 is 4.74 Å². The van der Waals surface area contributed by atoms with Crippen molar-refractivity contribution in [2.45, 2.75) is 6.61 Å². The van der Waals surface area contributed by atoms with Crippen LogP contribution in [0.2, 0.25) is 0 Å². The second-order valence-electron chi connectivity index (χ2n) is 3.01. The molecular formula is C10H10BrN3O. The minimum atomic E-state index is 0.391. The smallest absolute Gasteiger partial charge is 0.148 e. The van der Waals surface area contributed by atoms with Crippen LogP contribution in [0.4, 0.5) is 5.82 Å². The highest BCUT2D eigenvalue weighted by molar-refractivity contribution is 9.10. The predicted molar refractivity (Wildman–Crippen MR) is 61.5 cm³/mol. The van der Waals surface area contributed by atoms with Gasteiger partial charge in [0.05, 0.1) is 12.0 Å². The van der Waals surface area contributed by atoms with Crippen LogP contribution < -0.4 is 10.5 Å². The summed E-state index contributed by atoms with van der Waals surface area (Å²) in [5, 5.41) is 0. The van der Waals surface area contributed by atoms with Gasteiger partial charge in [-0.2, -0.15) is 0 Å². The van der Waals surface area contributed by atoms with Crippen LogP contribution in [0.5, 0.6) is 5.75 Å². The normalized spacial score (nSPS) is 10.2. The Morgan fingerprint density at radius 1 is 1.47 bits per heavy atom. The molecule has 2 aromatic rings. The summed E-state index contributed by atoms with van der Waals surface area (Å²) in [6.07, 6.45) is 1.55. The molecule has 0 aliphatic heterocycles. The van der Waals surface area contributed by atoms with Gasteiger partial charge < -0.3 is 15.5 Å². The summed E-state index contributed by atoms with van der Waals surface area (Å²) in [5.74, 6) is 1.27. The van der Waals surface area contributed by atoms with Crippen LogP contribution in [0, 0.1) is 0 Å². The molecule has 0 spiro atoms. The third-order valence-corrected chi connectivity index (χ3v) is 2.42. The topological polar surface area (TPSA) is 63.9 Å². The van der Waals surface area contributed by atoms with Gasteiger partial charge >= 0.3 is 0 Å². The number of hydrogen-bond donors (Lipinski definition) is 2. The molecule has 78 valence electrons. The molecule has 15 heavy (non-hydrogen) atoms. The average molecular weight is 268 g/mol. The van der Waals surface area contributed by atoms with Crippen LogP contribution in [0.1, 0.15) is 5.69 Å². The van der Waals surface area contributed by atoms with Crippen molar-refractivity contribution in [3.05, 3.63) is 40.8 Å². The zero-order valence-electron chi connectivity index (χ0n) is 7.90. The second-order valence-corrected chi connectivity index (χ2v) is 3.93. The zero-order valence-corrected chi connectivity index (χ0v) is 9.49. The predicted octanol–water partition coefficient (Wildman–Crippen LogP) is 2.33. The van der Waals surface area contributed by atoms with Gasteiger partial charge in [-0.3, -0.25) is 0 Å². The molecule has 0 amide bonds. The molecule has 1 aromatic heterocycles. The van der Waals surface area contributed by atoms with E-state index in [9.17, 15) is 0 Å². The van der Waals surface area contributed by atoms with E-state index in [1.54, 1.807) is 6.33 Å². The van der Waals surface area contributed by atoms with E-state index in [2.05, 4.69) is 25.9 Å². The molecule has 0 atom stereocenters. The van der Waals surface area contributed by atoms with Crippen LogP contribution in [0.15, 0.2) is 35.1 Å². The number of nitrogens with two attached hydrogens (primary N) is 1. The monoisotopic (exact) mass is 267 g/mol. The number of halogens is 1. The number of H-pyrrole nitrogens is 1. The van der Waals surface area contributed by atoms with E-state index < -0.39 is 0 Å². The highest BCUT2D eigenvalue weighted by Gasteiger charge is 2.02. The minimum Gasteiger partial charge on any atom is -0.487 e. The first kappa shape index (κ1) is 10.0. The maximum absolute atomic E-state index is 5.60. The summed E-state index contributed by atoms with van der Waals surface area (Å²) in [6, 6.07) is 7.64. The highest BCUT2D eigenvalue weighted by Crippen LogP contribution is 2.19. The molecule has 1 heterocycles. The van der Waals surface area contributed by atoms with Crippen LogP contribution >= 0.6 is 15.9 Å². The zero-order chi connectivity index (χ0) is 10.7. The molecule has 4 nitrogen and oxygen atoms in total. The third-order valence-electron chi connectivity index (χ3n) is 1.93. The van der Waals surface area contributed by atoms with Crippen molar-refractivity contribution in [2.24, 2.45) is 0 Å². The first-order valence-corrected chi connectivity index (χ1v) is 5.21. The summed E-state index contributed by atoms with van der Waals surface area (Å²) < 4.78 is 6.51. The first-order chi connectivity index (χ1) is 7.25. The molecule has 0 radical (unpaired) electrons. The second kappa shape index (κ2) is 4.35. The number of nitrogen functional groups attached to an aromatic ring is 1. The molecule has 0 saturated carbocycles. The van der Waals surface area contributed by atoms with E-state index in [0.717, 1.165) is 15.9 Å². The van der Waals surface area contributed by atoms with Gasteiger partial charge in [0.1, 0.15) is 18.2 Å². The van der Waals surface area contributed by atoms with Gasteiger partial charge in [0, 0.05) is 4.47 Å². The summed E-state index contributed by atoms with van der Waals surface area (Å²) in [5.41, 5.74) is 6.39. The Morgan fingerprint density at radius 2 is 2.33 bits per heavy atom. The number of aromatic amines is 1. The fourth-order valence-electron chi connectivity index (χ4n) is 1.16. The fraction of sp³-hybridized carbons (Fsp3) is 0.100. The van der Waals surface area contributed by atoms with Crippen molar-refractivity contribution in [3.63, 3.8) is 0 Å². The molecule has 0 bridgehead atoms. The van der Waals surface area contributed by atoms with Crippen LogP contribution in [-0.4, -0.2) is 9.97 Å². The lowest BCUT2D eigenvalue weighted by atomic mass is 10.3. The van der Waals surface area contributed by atoms with Crippen LogP contribution in [-0.2, 0) is 6.61 Å². The van der Waals surface area contributed by atoms with Crippen molar-refractivity contribution in [2.75, 3.05) is 5.73 Å². The highest BCUT2D eigenvalue weighted by atomic mass is 79.9. The van der Waals surface area contributed by atoms with E-state index in [-0.39, 0.29) is 0 Å². The lowest BCUT2D eigenvalue weighted by Gasteiger charge is -2.05. The molecular weight excluding hydrogens is 258 g/mol. The number of imidazole rings is 1. The van der Waals surface area contributed by atoms with Crippen molar-refractivity contribution in [3.8, 4) is 5.75 Å². The average Bonchev–Trinajstić information content (AvgIpc) is 2.61. The Labute approximate surface area is 95.6 Å². The minimum absolute atomic E-state index is 0.391. The van der Waals surface area contributed by atoms with Gasteiger partial charge in [0.2, 0.25) is 0 Å². The number of nitrogens with zero attached hydrogens (tertiary/aromatic N) is 1. The number of ether oxygens (including phenoxy) is 1. The van der Waals surface area contributed by atoms with Crippen molar-refractivity contribution in [1.82, 2.24) is 9.97 Å². The number of anilines is 1. The van der Waals surface area contributed by atoms with E-state index >= 15 is 0 Å². The molecule has 0 aliphatic rings. The summed E-state index contributed by atoms with van der Waals surface area (Å²) >= 11 is 3.37. The van der Waals surface area contributed by atoms with Crippen LogP contribution in [0.3, 0.4) is 0 Å². The van der Waals surface area contributed by atoms with E-state index in [1.807, 2.05) is 24.3 Å². The summed E-state index contributed by atoms with van der Waals surface area (Å²) in [6.45, 7) is 0.391. The van der Waals surface area contributed by atoms with E-state index in [1.165, 1.54) is 0 Å². The van der Waals surface area contributed by atoms with Gasteiger partial charge in [0.25, 0.3) is 0 Å². The largest absolute Gasteiger partial charge is 0.487 e. The molecule has 0 saturated heterocycles. The van der Waals surface area contributed by atoms with E-state index in [0.29, 0.717) is 12.4 Å². The Morgan fingerprint density at radius 3 is 3.00 bits per heavy atom. The Hall–Kier alpha value is -1.49. The number of nitrogens with one attached hydrogen (secondary N) is 1. The SMILES string of the molecule is Nc1nc[nH]c1COc1cccc(Br)c1. The van der Waals surface area contributed by atoms with Gasteiger partial charge in [0.15, 0.2) is 0 Å². The lowest BCUT2D eigenvalue weighted by Crippen LogP contribution is -1.99. The molecule has 0 fully saturated rings. The lowest BCUT2D eigenvalue weighted by molar-refractivity contribution is 0.302. The Bertz CT molecular complexity index is 455. The first-order valence-electron chi connectivity index (χ1n) is 4.42. The number of hydrogen-bond acceptors (Lipinski definition) is 3.